The quantitative estimate of drug-likeness (QED) is 0.835. The number of nitrogens with one attached hydrogen (secondary N) is 2. The third kappa shape index (κ3) is 3.81. The number of halogens is 3. The minimum Gasteiger partial charge on any atom is -0.267 e. The lowest BCUT2D eigenvalue weighted by molar-refractivity contribution is -0.137. The number of alkyl halides is 3. The summed E-state index contributed by atoms with van der Waals surface area (Å²) in [7, 11) is 0. The maximum Gasteiger partial charge on any atom is 0.416 e. The molecular formula is C14H10F3N3O2. The Morgan fingerprint density at radius 2 is 1.68 bits per heavy atom. The summed E-state index contributed by atoms with van der Waals surface area (Å²) in [6.45, 7) is 0. The van der Waals surface area contributed by atoms with E-state index in [9.17, 15) is 22.8 Å². The van der Waals surface area contributed by atoms with E-state index < -0.39 is 23.6 Å². The van der Waals surface area contributed by atoms with E-state index in [0.717, 1.165) is 12.1 Å². The first-order valence-corrected chi connectivity index (χ1v) is 6.07. The fourth-order valence-corrected chi connectivity index (χ4v) is 1.58. The lowest BCUT2D eigenvalue weighted by Gasteiger charge is -2.09. The van der Waals surface area contributed by atoms with Crippen LogP contribution in [-0.4, -0.2) is 16.8 Å². The van der Waals surface area contributed by atoms with Gasteiger partial charge in [-0.3, -0.25) is 25.4 Å². The van der Waals surface area contributed by atoms with Gasteiger partial charge < -0.3 is 0 Å². The molecule has 8 heteroatoms. The zero-order valence-electron chi connectivity index (χ0n) is 11.0. The minimum atomic E-state index is -4.55. The summed E-state index contributed by atoms with van der Waals surface area (Å²) in [6, 6.07) is 8.47. The first kappa shape index (κ1) is 15.5. The second-order valence-corrected chi connectivity index (χ2v) is 4.20. The van der Waals surface area contributed by atoms with Crippen LogP contribution in [0.15, 0.2) is 48.7 Å². The molecule has 2 aromatic rings. The maximum atomic E-state index is 12.6. The van der Waals surface area contributed by atoms with Crippen LogP contribution in [0.5, 0.6) is 0 Å². The number of hydrazine groups is 1. The number of benzene rings is 1. The van der Waals surface area contributed by atoms with E-state index >= 15 is 0 Å². The van der Waals surface area contributed by atoms with Gasteiger partial charge in [-0.05, 0) is 30.3 Å². The van der Waals surface area contributed by atoms with Crippen LogP contribution in [0.25, 0.3) is 0 Å². The lowest BCUT2D eigenvalue weighted by Crippen LogP contribution is -2.42. The molecule has 1 heterocycles. The summed E-state index contributed by atoms with van der Waals surface area (Å²) in [5, 5.41) is 0. The van der Waals surface area contributed by atoms with Gasteiger partial charge in [-0.25, -0.2) is 0 Å². The van der Waals surface area contributed by atoms with Crippen LogP contribution in [0.3, 0.4) is 0 Å². The highest BCUT2D eigenvalue weighted by molar-refractivity contribution is 5.98. The summed E-state index contributed by atoms with van der Waals surface area (Å²) in [4.78, 5) is 27.1. The Bertz CT molecular complexity index is 687. The SMILES string of the molecule is O=C(NNC(=O)c1ccccn1)c1cccc(C(F)(F)F)c1. The average molecular weight is 309 g/mol. The molecular weight excluding hydrogens is 299 g/mol. The Labute approximate surface area is 123 Å². The van der Waals surface area contributed by atoms with Gasteiger partial charge in [0.1, 0.15) is 5.69 Å². The zero-order valence-corrected chi connectivity index (χ0v) is 11.0. The molecule has 0 unspecified atom stereocenters. The van der Waals surface area contributed by atoms with Crippen LogP contribution in [0.2, 0.25) is 0 Å². The standard InChI is InChI=1S/C14H10F3N3O2/c15-14(16,17)10-5-3-4-9(8-10)12(21)19-20-13(22)11-6-1-2-7-18-11/h1-8H,(H,19,21)(H,20,22). The number of amides is 2. The topological polar surface area (TPSA) is 71.1 Å². The second-order valence-electron chi connectivity index (χ2n) is 4.20. The number of carbonyl (C=O) groups excluding carboxylic acids is 2. The largest absolute Gasteiger partial charge is 0.416 e. The number of pyridine rings is 1. The molecule has 2 amide bonds. The van der Waals surface area contributed by atoms with Crippen molar-refractivity contribution in [2.45, 2.75) is 6.18 Å². The predicted molar refractivity (Wildman–Crippen MR) is 70.6 cm³/mol. The zero-order chi connectivity index (χ0) is 16.2. The Morgan fingerprint density at radius 1 is 0.955 bits per heavy atom. The Hall–Kier alpha value is -2.90. The number of carbonyl (C=O) groups is 2. The first-order chi connectivity index (χ1) is 10.4. The number of nitrogens with zero attached hydrogens (tertiary/aromatic N) is 1. The third-order valence-electron chi connectivity index (χ3n) is 2.64. The fourth-order valence-electron chi connectivity index (χ4n) is 1.58. The predicted octanol–water partition coefficient (Wildman–Crippen LogP) is 2.18. The minimum absolute atomic E-state index is 0.0619. The van der Waals surface area contributed by atoms with E-state index in [1.807, 2.05) is 5.43 Å². The molecule has 1 aromatic heterocycles. The highest BCUT2D eigenvalue weighted by Gasteiger charge is 2.30. The Morgan fingerprint density at radius 3 is 2.32 bits per heavy atom. The van der Waals surface area contributed by atoms with Crippen molar-refractivity contribution in [3.05, 3.63) is 65.5 Å². The lowest BCUT2D eigenvalue weighted by atomic mass is 10.1. The first-order valence-electron chi connectivity index (χ1n) is 6.07. The normalized spacial score (nSPS) is 10.9. The van der Waals surface area contributed by atoms with Gasteiger partial charge in [0.05, 0.1) is 5.56 Å². The molecule has 114 valence electrons. The van der Waals surface area contributed by atoms with Crippen LogP contribution in [0, 0.1) is 0 Å². The molecule has 5 nitrogen and oxygen atoms in total. The second kappa shape index (κ2) is 6.25. The molecule has 0 atom stereocenters. The van der Waals surface area contributed by atoms with Crippen LogP contribution in [0.1, 0.15) is 26.4 Å². The number of aromatic nitrogens is 1. The van der Waals surface area contributed by atoms with Gasteiger partial charge in [0, 0.05) is 11.8 Å². The fraction of sp³-hybridized carbons (Fsp3) is 0.0714. The Balaban J connectivity index is 2.03. The molecule has 0 saturated carbocycles. The van der Waals surface area contributed by atoms with Crippen molar-refractivity contribution in [3.8, 4) is 0 Å². The summed E-state index contributed by atoms with van der Waals surface area (Å²) >= 11 is 0. The molecule has 0 radical (unpaired) electrons. The summed E-state index contributed by atoms with van der Waals surface area (Å²) in [5.41, 5.74) is 2.99. The number of hydrogen-bond donors (Lipinski definition) is 2. The molecule has 0 aliphatic carbocycles. The molecule has 0 fully saturated rings. The van der Waals surface area contributed by atoms with Gasteiger partial charge in [-0.2, -0.15) is 13.2 Å². The van der Waals surface area contributed by atoms with Crippen molar-refractivity contribution in [1.82, 2.24) is 15.8 Å². The van der Waals surface area contributed by atoms with Crippen molar-refractivity contribution in [2.24, 2.45) is 0 Å². The number of hydrogen-bond acceptors (Lipinski definition) is 3. The molecule has 2 N–H and O–H groups in total. The van der Waals surface area contributed by atoms with E-state index in [2.05, 4.69) is 10.4 Å². The van der Waals surface area contributed by atoms with Crippen LogP contribution >= 0.6 is 0 Å². The summed E-state index contributed by atoms with van der Waals surface area (Å²) < 4.78 is 37.7. The average Bonchev–Trinajstić information content (AvgIpc) is 2.52. The third-order valence-corrected chi connectivity index (χ3v) is 2.64. The monoisotopic (exact) mass is 309 g/mol. The van der Waals surface area contributed by atoms with Crippen molar-refractivity contribution in [3.63, 3.8) is 0 Å². The Kier molecular flexibility index (Phi) is 4.40. The van der Waals surface area contributed by atoms with E-state index in [0.29, 0.717) is 6.07 Å². The smallest absolute Gasteiger partial charge is 0.267 e. The molecule has 0 saturated heterocycles. The molecule has 0 bridgehead atoms. The summed E-state index contributed by atoms with van der Waals surface area (Å²) in [5.74, 6) is -1.55. The van der Waals surface area contributed by atoms with Crippen molar-refractivity contribution in [1.29, 1.82) is 0 Å². The highest BCUT2D eigenvalue weighted by Crippen LogP contribution is 2.29. The van der Waals surface area contributed by atoms with E-state index in [-0.39, 0.29) is 11.3 Å². The number of rotatable bonds is 2. The highest BCUT2D eigenvalue weighted by atomic mass is 19.4. The van der Waals surface area contributed by atoms with E-state index in [1.165, 1.54) is 18.3 Å². The maximum absolute atomic E-state index is 12.6. The van der Waals surface area contributed by atoms with Crippen LogP contribution in [0.4, 0.5) is 13.2 Å². The summed E-state index contributed by atoms with van der Waals surface area (Å²) in [6.07, 6.45) is -3.16. The molecule has 0 aliphatic rings. The van der Waals surface area contributed by atoms with Crippen molar-refractivity contribution in [2.75, 3.05) is 0 Å². The molecule has 0 spiro atoms. The molecule has 1 aromatic carbocycles. The van der Waals surface area contributed by atoms with Crippen LogP contribution in [-0.2, 0) is 6.18 Å². The van der Waals surface area contributed by atoms with Gasteiger partial charge in [-0.1, -0.05) is 12.1 Å². The van der Waals surface area contributed by atoms with Gasteiger partial charge in [0.2, 0.25) is 0 Å². The van der Waals surface area contributed by atoms with E-state index in [1.54, 1.807) is 12.1 Å². The van der Waals surface area contributed by atoms with Gasteiger partial charge in [-0.15, -0.1) is 0 Å². The van der Waals surface area contributed by atoms with Crippen molar-refractivity contribution < 1.29 is 22.8 Å². The molecule has 22 heavy (non-hydrogen) atoms. The van der Waals surface area contributed by atoms with Gasteiger partial charge >= 0.3 is 6.18 Å². The van der Waals surface area contributed by atoms with E-state index in [4.69, 9.17) is 0 Å². The molecule has 2 rings (SSSR count). The van der Waals surface area contributed by atoms with Gasteiger partial charge in [0.15, 0.2) is 0 Å². The molecule has 0 aliphatic heterocycles. The van der Waals surface area contributed by atoms with Gasteiger partial charge in [0.25, 0.3) is 11.8 Å². The van der Waals surface area contributed by atoms with Crippen molar-refractivity contribution >= 4 is 11.8 Å². The van der Waals surface area contributed by atoms with Crippen LogP contribution < -0.4 is 10.9 Å².